The van der Waals surface area contributed by atoms with Crippen LogP contribution in [-0.2, 0) is 19.3 Å². The van der Waals surface area contributed by atoms with E-state index in [2.05, 4.69) is 174 Å². The molecule has 0 aliphatic carbocycles. The minimum atomic E-state index is 0. The predicted octanol–water partition coefficient (Wildman–Crippen LogP) is 27.9. The van der Waals surface area contributed by atoms with E-state index in [1.54, 1.807) is 0 Å². The summed E-state index contributed by atoms with van der Waals surface area (Å²) >= 11 is 0. The standard InChI is InChI=1S/3C10H14.3C6H6.3C3H8.6C2H6.6CH4/c3*1-9(2)8-10-6-4-3-5-7-10;3*1-2-4-6-5-3-1;3*1-3-2;6*1-2;;;;;;/h3*3-7,9H,8H2,1-2H3;3*1-6H;3*3H2,1-2H3;6*1-2H3;6*1H4. The van der Waals surface area contributed by atoms with Gasteiger partial charge in [-0.25, -0.2) is 0 Å². The third-order valence-corrected chi connectivity index (χ3v) is 6.46. The Labute approximate surface area is 481 Å². The Morgan fingerprint density at radius 3 is 0.360 bits per heavy atom. The van der Waals surface area contributed by atoms with Gasteiger partial charge in [-0.15, -0.1) is 0 Å². The number of hydrogen-bond donors (Lipinski definition) is 0. The SMILES string of the molecule is C.C.C.C.C.C.CC.CC.CC.CC.CC.CC.CC(C)Cc1ccccc1.CC(C)Cc1ccccc1.CC(C)Cc1ccccc1.CCC.CCC.CCC.c1ccccc1.c1ccccc1.c1ccccc1. The van der Waals surface area contributed by atoms with E-state index in [9.17, 15) is 0 Å². The minimum Gasteiger partial charge on any atom is -0.0776 e. The van der Waals surface area contributed by atoms with Crippen LogP contribution in [0.1, 0.15) is 247 Å². The summed E-state index contributed by atoms with van der Waals surface area (Å²) in [6, 6.07) is 67.8. The van der Waals surface area contributed by atoms with E-state index in [-0.39, 0.29) is 44.6 Å². The molecule has 0 atom stereocenters. The first kappa shape index (κ1) is 110. The zero-order valence-electron chi connectivity index (χ0n) is 50.5. The predicted molar refractivity (Wildman–Crippen MR) is 371 cm³/mol. The van der Waals surface area contributed by atoms with Crippen LogP contribution in [0, 0.1) is 17.8 Å². The summed E-state index contributed by atoms with van der Waals surface area (Å²) < 4.78 is 0. The van der Waals surface area contributed by atoms with Crippen molar-refractivity contribution in [3.63, 3.8) is 0 Å². The van der Waals surface area contributed by atoms with Gasteiger partial charge in [-0.2, -0.15) is 0 Å². The van der Waals surface area contributed by atoms with Crippen LogP contribution >= 0.6 is 0 Å². The van der Waals surface area contributed by atoms with Crippen molar-refractivity contribution in [2.45, 2.75) is 249 Å². The fourth-order valence-electron chi connectivity index (χ4n) is 4.41. The molecule has 0 saturated carbocycles. The molecule has 0 saturated heterocycles. The summed E-state index contributed by atoms with van der Waals surface area (Å²) in [5, 5.41) is 0. The van der Waals surface area contributed by atoms with Crippen molar-refractivity contribution >= 4 is 0 Å². The van der Waals surface area contributed by atoms with Gasteiger partial charge in [0.25, 0.3) is 0 Å². The highest BCUT2D eigenvalue weighted by molar-refractivity contribution is 5.16. The van der Waals surface area contributed by atoms with E-state index in [1.165, 1.54) is 55.2 Å². The highest BCUT2D eigenvalue weighted by Gasteiger charge is 1.95. The summed E-state index contributed by atoms with van der Waals surface area (Å²) in [6.45, 7) is 50.2. The topological polar surface area (TPSA) is 0 Å². The molecule has 0 N–H and O–H groups in total. The number of rotatable bonds is 6. The first-order valence-electron chi connectivity index (χ1n) is 27.7. The quantitative estimate of drug-likeness (QED) is 0.156. The molecule has 0 nitrogen and oxygen atoms in total. The summed E-state index contributed by atoms with van der Waals surface area (Å²) in [5.74, 6) is 2.30. The van der Waals surface area contributed by atoms with Crippen LogP contribution in [-0.4, -0.2) is 0 Å². The van der Waals surface area contributed by atoms with E-state index in [1.807, 2.05) is 192 Å². The van der Waals surface area contributed by atoms with E-state index >= 15 is 0 Å². The van der Waals surface area contributed by atoms with Crippen LogP contribution in [0.3, 0.4) is 0 Å². The van der Waals surface area contributed by atoms with Gasteiger partial charge in [-0.1, -0.05) is 430 Å². The molecule has 0 amide bonds. The summed E-state index contributed by atoms with van der Waals surface area (Å²) in [7, 11) is 0. The van der Waals surface area contributed by atoms with Gasteiger partial charge >= 0.3 is 0 Å². The molecule has 0 radical (unpaired) electrons. The molecule has 75 heavy (non-hydrogen) atoms. The lowest BCUT2D eigenvalue weighted by atomic mass is 10.0. The van der Waals surface area contributed by atoms with Gasteiger partial charge in [0.2, 0.25) is 0 Å². The van der Waals surface area contributed by atoms with Gasteiger partial charge in [0.15, 0.2) is 0 Å². The molecule has 0 heterocycles. The molecule has 0 bridgehead atoms. The Kier molecular flexibility index (Phi) is 174. The normalized spacial score (nSPS) is 7.24. The fourth-order valence-corrected chi connectivity index (χ4v) is 4.41. The van der Waals surface area contributed by atoms with Crippen LogP contribution in [0.25, 0.3) is 0 Å². The average molecular weight is 1050 g/mol. The molecular weight excluding hydrogens is 901 g/mol. The maximum Gasteiger partial charge on any atom is -0.0256 e. The zero-order valence-corrected chi connectivity index (χ0v) is 50.5. The van der Waals surface area contributed by atoms with Crippen molar-refractivity contribution in [3.05, 3.63) is 217 Å². The van der Waals surface area contributed by atoms with E-state index in [0.29, 0.717) is 0 Å². The first-order chi connectivity index (χ1) is 33.6. The summed E-state index contributed by atoms with van der Waals surface area (Å²) in [5.41, 5.74) is 4.33. The largest absolute Gasteiger partial charge is 0.0776 e. The molecular formula is C75H144. The molecule has 0 aliphatic rings. The second-order valence-electron chi connectivity index (χ2n) is 14.8. The highest BCUT2D eigenvalue weighted by atomic mass is 14.0. The van der Waals surface area contributed by atoms with Gasteiger partial charge in [0, 0.05) is 0 Å². The monoisotopic (exact) mass is 1050 g/mol. The first-order valence-corrected chi connectivity index (χ1v) is 27.7. The maximum absolute atomic E-state index is 2.24. The Balaban J connectivity index is -0.0000000410. The van der Waals surface area contributed by atoms with Crippen molar-refractivity contribution < 1.29 is 0 Å². The van der Waals surface area contributed by atoms with Crippen molar-refractivity contribution in [2.24, 2.45) is 17.8 Å². The lowest BCUT2D eigenvalue weighted by Gasteiger charge is -2.02. The molecule has 0 heteroatoms. The Morgan fingerprint density at radius 2 is 0.280 bits per heavy atom. The zero-order chi connectivity index (χ0) is 55.0. The van der Waals surface area contributed by atoms with Gasteiger partial charge in [0.05, 0.1) is 0 Å². The Hall–Kier alpha value is -4.68. The van der Waals surface area contributed by atoms with Crippen LogP contribution in [0.2, 0.25) is 0 Å². The second-order valence-corrected chi connectivity index (χ2v) is 14.8. The molecule has 6 rings (SSSR count). The van der Waals surface area contributed by atoms with Crippen molar-refractivity contribution in [2.75, 3.05) is 0 Å². The van der Waals surface area contributed by atoms with E-state index < -0.39 is 0 Å². The molecule has 0 aliphatic heterocycles. The molecule has 444 valence electrons. The molecule has 0 fully saturated rings. The Morgan fingerprint density at radius 1 is 0.200 bits per heavy atom. The van der Waals surface area contributed by atoms with Gasteiger partial charge < -0.3 is 0 Å². The molecule has 0 aromatic heterocycles. The lowest BCUT2D eigenvalue weighted by molar-refractivity contribution is 0.647. The van der Waals surface area contributed by atoms with E-state index in [0.717, 1.165) is 17.8 Å². The minimum absolute atomic E-state index is 0. The molecule has 6 aromatic carbocycles. The Bertz CT molecular complexity index is 1190. The van der Waals surface area contributed by atoms with Gasteiger partial charge in [-0.05, 0) is 53.7 Å². The molecule has 0 unspecified atom stereocenters. The van der Waals surface area contributed by atoms with Crippen LogP contribution in [0.5, 0.6) is 0 Å². The summed E-state index contributed by atoms with van der Waals surface area (Å²) in [4.78, 5) is 0. The maximum atomic E-state index is 2.24. The number of hydrogen-bond acceptors (Lipinski definition) is 0. The smallest absolute Gasteiger partial charge is 0.0256 e. The third-order valence-electron chi connectivity index (χ3n) is 6.46. The molecule has 0 spiro atoms. The average Bonchev–Trinajstić information content (AvgIpc) is 3.41. The van der Waals surface area contributed by atoms with Crippen molar-refractivity contribution in [1.82, 2.24) is 0 Å². The lowest BCUT2D eigenvalue weighted by Crippen LogP contribution is -1.92. The van der Waals surface area contributed by atoms with Crippen LogP contribution in [0.15, 0.2) is 200 Å². The van der Waals surface area contributed by atoms with Gasteiger partial charge in [-0.3, -0.25) is 0 Å². The van der Waals surface area contributed by atoms with Crippen molar-refractivity contribution in [1.29, 1.82) is 0 Å². The second kappa shape index (κ2) is 118. The fraction of sp³-hybridized carbons (Fsp3) is 0.520. The van der Waals surface area contributed by atoms with Crippen molar-refractivity contribution in [3.8, 4) is 0 Å². The van der Waals surface area contributed by atoms with Gasteiger partial charge in [0.1, 0.15) is 0 Å². The van der Waals surface area contributed by atoms with E-state index in [4.69, 9.17) is 0 Å². The van der Waals surface area contributed by atoms with Crippen LogP contribution < -0.4 is 0 Å². The molecule has 6 aromatic rings. The third kappa shape index (κ3) is 129. The highest BCUT2D eigenvalue weighted by Crippen LogP contribution is 2.08. The summed E-state index contributed by atoms with van der Waals surface area (Å²) in [6.07, 6.45) is 7.34. The van der Waals surface area contributed by atoms with Crippen LogP contribution in [0.4, 0.5) is 0 Å². The number of benzene rings is 6.